The third kappa shape index (κ3) is 4.52. The van der Waals surface area contributed by atoms with Gasteiger partial charge in [-0.1, -0.05) is 12.1 Å². The van der Waals surface area contributed by atoms with Crippen LogP contribution >= 0.6 is 0 Å². The summed E-state index contributed by atoms with van der Waals surface area (Å²) >= 11 is 0. The molecule has 0 bridgehead atoms. The molecule has 5 heteroatoms. The molecule has 4 nitrogen and oxygen atoms in total. The molecule has 0 radical (unpaired) electrons. The second-order valence-corrected chi connectivity index (χ2v) is 4.12. The quantitative estimate of drug-likeness (QED) is 0.831. The van der Waals surface area contributed by atoms with Gasteiger partial charge in [-0.25, -0.2) is 4.39 Å². The standard InChI is InChI=1S/C13H16FN3O/c1-9(17-10(2)18)8-16-13(7-15)11-3-5-12(14)6-4-11/h3-6,9,13,16H,8H2,1-2H3,(H,17,18). The van der Waals surface area contributed by atoms with E-state index in [4.69, 9.17) is 5.26 Å². The number of nitriles is 1. The maximum atomic E-state index is 12.8. The van der Waals surface area contributed by atoms with Crippen molar-refractivity contribution in [3.05, 3.63) is 35.6 Å². The molecule has 1 rings (SSSR count). The predicted octanol–water partition coefficient (Wildman–Crippen LogP) is 1.50. The molecule has 2 unspecified atom stereocenters. The zero-order chi connectivity index (χ0) is 13.5. The Kier molecular flexibility index (Phi) is 5.28. The van der Waals surface area contributed by atoms with Gasteiger partial charge in [0.1, 0.15) is 11.9 Å². The summed E-state index contributed by atoms with van der Waals surface area (Å²) in [5.74, 6) is -0.443. The van der Waals surface area contributed by atoms with E-state index >= 15 is 0 Å². The molecule has 2 atom stereocenters. The van der Waals surface area contributed by atoms with Crippen molar-refractivity contribution in [3.8, 4) is 6.07 Å². The fourth-order valence-corrected chi connectivity index (χ4v) is 1.59. The number of amides is 1. The molecule has 0 fully saturated rings. The van der Waals surface area contributed by atoms with Crippen molar-refractivity contribution in [1.82, 2.24) is 10.6 Å². The van der Waals surface area contributed by atoms with E-state index in [1.165, 1.54) is 19.1 Å². The van der Waals surface area contributed by atoms with E-state index in [2.05, 4.69) is 16.7 Å². The van der Waals surface area contributed by atoms with Crippen LogP contribution in [0.4, 0.5) is 4.39 Å². The fourth-order valence-electron chi connectivity index (χ4n) is 1.59. The molecule has 18 heavy (non-hydrogen) atoms. The largest absolute Gasteiger partial charge is 0.353 e. The second kappa shape index (κ2) is 6.72. The Morgan fingerprint density at radius 1 is 1.44 bits per heavy atom. The molecule has 0 spiro atoms. The Labute approximate surface area is 106 Å². The highest BCUT2D eigenvalue weighted by atomic mass is 19.1. The van der Waals surface area contributed by atoms with E-state index in [1.54, 1.807) is 12.1 Å². The third-order valence-corrected chi connectivity index (χ3v) is 2.41. The summed E-state index contributed by atoms with van der Waals surface area (Å²) in [4.78, 5) is 10.8. The lowest BCUT2D eigenvalue weighted by Crippen LogP contribution is -2.39. The van der Waals surface area contributed by atoms with E-state index in [-0.39, 0.29) is 17.8 Å². The van der Waals surface area contributed by atoms with Gasteiger partial charge >= 0.3 is 0 Å². The van der Waals surface area contributed by atoms with Crippen LogP contribution in [0, 0.1) is 17.1 Å². The molecule has 1 aromatic carbocycles. The number of carbonyl (C=O) groups excluding carboxylic acids is 1. The van der Waals surface area contributed by atoms with Crippen LogP contribution in [0.15, 0.2) is 24.3 Å². The van der Waals surface area contributed by atoms with Crippen molar-refractivity contribution in [2.45, 2.75) is 25.9 Å². The summed E-state index contributed by atoms with van der Waals surface area (Å²) in [6.45, 7) is 3.75. The Morgan fingerprint density at radius 2 is 2.06 bits per heavy atom. The zero-order valence-corrected chi connectivity index (χ0v) is 10.4. The molecule has 0 saturated carbocycles. The van der Waals surface area contributed by atoms with Gasteiger partial charge in [-0.15, -0.1) is 0 Å². The lowest BCUT2D eigenvalue weighted by molar-refractivity contribution is -0.119. The van der Waals surface area contributed by atoms with Crippen molar-refractivity contribution in [2.75, 3.05) is 6.54 Å². The van der Waals surface area contributed by atoms with Gasteiger partial charge in [-0.2, -0.15) is 5.26 Å². The van der Waals surface area contributed by atoms with Gasteiger partial charge in [-0.3, -0.25) is 10.1 Å². The maximum Gasteiger partial charge on any atom is 0.217 e. The van der Waals surface area contributed by atoms with E-state index in [1.807, 2.05) is 6.92 Å². The lowest BCUT2D eigenvalue weighted by atomic mass is 10.1. The number of halogens is 1. The molecular formula is C13H16FN3O. The minimum Gasteiger partial charge on any atom is -0.353 e. The van der Waals surface area contributed by atoms with E-state index in [9.17, 15) is 9.18 Å². The summed E-state index contributed by atoms with van der Waals surface area (Å²) < 4.78 is 12.8. The summed E-state index contributed by atoms with van der Waals surface area (Å²) in [7, 11) is 0. The molecule has 0 aliphatic carbocycles. The van der Waals surface area contributed by atoms with Crippen LogP contribution in [-0.2, 0) is 4.79 Å². The predicted molar refractivity (Wildman–Crippen MR) is 66.0 cm³/mol. The van der Waals surface area contributed by atoms with Gasteiger partial charge in [0.2, 0.25) is 5.91 Å². The van der Waals surface area contributed by atoms with Crippen molar-refractivity contribution < 1.29 is 9.18 Å². The van der Waals surface area contributed by atoms with Gasteiger partial charge in [0.25, 0.3) is 0 Å². The number of hydrogen-bond donors (Lipinski definition) is 2. The van der Waals surface area contributed by atoms with Gasteiger partial charge in [0.15, 0.2) is 0 Å². The molecule has 0 aliphatic heterocycles. The molecular weight excluding hydrogens is 233 g/mol. The zero-order valence-electron chi connectivity index (χ0n) is 10.4. The highest BCUT2D eigenvalue weighted by Crippen LogP contribution is 2.12. The Morgan fingerprint density at radius 3 is 2.56 bits per heavy atom. The van der Waals surface area contributed by atoms with Crippen LogP contribution in [0.2, 0.25) is 0 Å². The van der Waals surface area contributed by atoms with Crippen molar-refractivity contribution in [1.29, 1.82) is 5.26 Å². The van der Waals surface area contributed by atoms with Crippen LogP contribution in [0.1, 0.15) is 25.5 Å². The third-order valence-electron chi connectivity index (χ3n) is 2.41. The molecule has 0 aliphatic rings. The molecule has 0 saturated heterocycles. The number of rotatable bonds is 5. The number of carbonyl (C=O) groups is 1. The van der Waals surface area contributed by atoms with Crippen molar-refractivity contribution in [2.24, 2.45) is 0 Å². The Hall–Kier alpha value is -1.93. The molecule has 96 valence electrons. The van der Waals surface area contributed by atoms with E-state index < -0.39 is 6.04 Å². The summed E-state index contributed by atoms with van der Waals surface area (Å²) in [6.07, 6.45) is 0. The first kappa shape index (κ1) is 14.1. The molecule has 0 heterocycles. The maximum absolute atomic E-state index is 12.8. The molecule has 2 N–H and O–H groups in total. The summed E-state index contributed by atoms with van der Waals surface area (Å²) in [5.41, 5.74) is 0.703. The summed E-state index contributed by atoms with van der Waals surface area (Å²) in [6, 6.07) is 7.29. The van der Waals surface area contributed by atoms with Gasteiger partial charge < -0.3 is 5.32 Å². The average Bonchev–Trinajstić information content (AvgIpc) is 2.31. The van der Waals surface area contributed by atoms with Crippen LogP contribution in [-0.4, -0.2) is 18.5 Å². The van der Waals surface area contributed by atoms with Crippen LogP contribution in [0.25, 0.3) is 0 Å². The highest BCUT2D eigenvalue weighted by Gasteiger charge is 2.11. The monoisotopic (exact) mass is 249 g/mol. The second-order valence-electron chi connectivity index (χ2n) is 4.12. The molecule has 1 amide bonds. The SMILES string of the molecule is CC(=O)NC(C)CNC(C#N)c1ccc(F)cc1. The van der Waals surface area contributed by atoms with Crippen molar-refractivity contribution in [3.63, 3.8) is 0 Å². The van der Waals surface area contributed by atoms with Gasteiger partial charge in [0.05, 0.1) is 6.07 Å². The first-order valence-corrected chi connectivity index (χ1v) is 5.68. The highest BCUT2D eigenvalue weighted by molar-refractivity contribution is 5.73. The average molecular weight is 249 g/mol. The smallest absolute Gasteiger partial charge is 0.217 e. The Balaban J connectivity index is 2.55. The molecule has 0 aromatic heterocycles. The van der Waals surface area contributed by atoms with E-state index in [0.29, 0.717) is 12.1 Å². The first-order chi connectivity index (χ1) is 8.52. The summed E-state index contributed by atoms with van der Waals surface area (Å²) in [5, 5.41) is 14.8. The number of hydrogen-bond acceptors (Lipinski definition) is 3. The minimum absolute atomic E-state index is 0.0706. The number of nitrogens with zero attached hydrogens (tertiary/aromatic N) is 1. The van der Waals surface area contributed by atoms with Gasteiger partial charge in [0, 0.05) is 19.5 Å². The van der Waals surface area contributed by atoms with Gasteiger partial charge in [-0.05, 0) is 24.6 Å². The normalized spacial score (nSPS) is 13.4. The van der Waals surface area contributed by atoms with Crippen molar-refractivity contribution >= 4 is 5.91 Å². The van der Waals surface area contributed by atoms with Crippen LogP contribution < -0.4 is 10.6 Å². The fraction of sp³-hybridized carbons (Fsp3) is 0.385. The number of nitrogens with one attached hydrogen (secondary N) is 2. The minimum atomic E-state index is -0.512. The molecule has 1 aromatic rings. The van der Waals surface area contributed by atoms with Crippen LogP contribution in [0.3, 0.4) is 0 Å². The van der Waals surface area contributed by atoms with Crippen LogP contribution in [0.5, 0.6) is 0 Å². The van der Waals surface area contributed by atoms with E-state index in [0.717, 1.165) is 0 Å². The lowest BCUT2D eigenvalue weighted by Gasteiger charge is -2.17. The topological polar surface area (TPSA) is 64.9 Å². The number of benzene rings is 1. The first-order valence-electron chi connectivity index (χ1n) is 5.68. The Bertz CT molecular complexity index is 439.